The zero-order chi connectivity index (χ0) is 16.6. The highest BCUT2D eigenvalue weighted by Crippen LogP contribution is 2.41. The maximum absolute atomic E-state index is 12.5. The number of carbonyl (C=O) groups is 1. The van der Waals surface area contributed by atoms with E-state index in [2.05, 4.69) is 10.4 Å². The zero-order valence-corrected chi connectivity index (χ0v) is 13.5. The molecule has 0 radical (unpaired) electrons. The van der Waals surface area contributed by atoms with Crippen LogP contribution in [-0.2, 0) is 9.47 Å². The fourth-order valence-corrected chi connectivity index (χ4v) is 3.65. The number of hydrogen-bond acceptors (Lipinski definition) is 5. The third-order valence-corrected chi connectivity index (χ3v) is 5.12. The van der Waals surface area contributed by atoms with E-state index < -0.39 is 0 Å². The average molecular weight is 330 g/mol. The molecule has 3 N–H and O–H groups in total. The van der Waals surface area contributed by atoms with Crippen molar-refractivity contribution in [2.45, 2.75) is 25.4 Å². The summed E-state index contributed by atoms with van der Waals surface area (Å²) in [5.41, 5.74) is 7.89. The largest absolute Gasteiger partial charge is 0.399 e. The minimum Gasteiger partial charge on any atom is -0.399 e. The number of fused-ring (bicyclic) bond motifs is 1. The van der Waals surface area contributed by atoms with Crippen LogP contribution >= 0.6 is 0 Å². The van der Waals surface area contributed by atoms with Gasteiger partial charge in [-0.25, -0.2) is 4.52 Å². The Labute approximate surface area is 140 Å². The molecule has 2 saturated heterocycles. The van der Waals surface area contributed by atoms with Crippen LogP contribution in [0.25, 0.3) is 5.52 Å². The van der Waals surface area contributed by atoms with Gasteiger partial charge in [-0.05, 0) is 31.4 Å². The van der Waals surface area contributed by atoms with E-state index >= 15 is 0 Å². The molecule has 2 aromatic heterocycles. The summed E-state index contributed by atoms with van der Waals surface area (Å²) in [4.78, 5) is 12.5. The summed E-state index contributed by atoms with van der Waals surface area (Å²) < 4.78 is 13.0. The van der Waals surface area contributed by atoms with Gasteiger partial charge in [-0.1, -0.05) is 0 Å². The molecule has 4 heterocycles. The van der Waals surface area contributed by atoms with Crippen molar-refractivity contribution in [3.63, 3.8) is 0 Å². The van der Waals surface area contributed by atoms with Crippen LogP contribution in [0.4, 0.5) is 5.69 Å². The highest BCUT2D eigenvalue weighted by Gasteiger charge is 2.41. The Morgan fingerprint density at radius 1 is 1.46 bits per heavy atom. The lowest BCUT2D eigenvalue weighted by molar-refractivity contribution is 0.00703. The number of rotatable bonds is 3. The van der Waals surface area contributed by atoms with Gasteiger partial charge in [-0.2, -0.15) is 5.10 Å². The molecule has 7 nitrogen and oxygen atoms in total. The molecule has 4 rings (SSSR count). The lowest BCUT2D eigenvalue weighted by Gasteiger charge is -2.31. The number of amides is 1. The van der Waals surface area contributed by atoms with Gasteiger partial charge in [0.2, 0.25) is 0 Å². The number of hydrogen-bond donors (Lipinski definition) is 2. The Balaban J connectivity index is 1.39. The molecule has 1 unspecified atom stereocenters. The number of aromatic nitrogens is 2. The Kier molecular flexibility index (Phi) is 3.90. The number of carbonyl (C=O) groups excluding carboxylic acids is 1. The number of ether oxygens (including phenoxy) is 2. The number of nitrogen functional groups attached to an aromatic ring is 1. The van der Waals surface area contributed by atoms with Gasteiger partial charge in [0.1, 0.15) is 0 Å². The summed E-state index contributed by atoms with van der Waals surface area (Å²) in [6.07, 6.45) is 6.46. The number of nitrogens with one attached hydrogen (secondary N) is 1. The van der Waals surface area contributed by atoms with Crippen molar-refractivity contribution >= 4 is 17.1 Å². The maximum Gasteiger partial charge on any atom is 0.255 e. The van der Waals surface area contributed by atoms with Crippen molar-refractivity contribution in [1.29, 1.82) is 0 Å². The second-order valence-corrected chi connectivity index (χ2v) is 6.81. The summed E-state index contributed by atoms with van der Waals surface area (Å²) >= 11 is 0. The highest BCUT2D eigenvalue weighted by atomic mass is 16.5. The minimum atomic E-state index is -0.146. The predicted octanol–water partition coefficient (Wildman–Crippen LogP) is 1.23. The molecule has 0 bridgehead atoms. The van der Waals surface area contributed by atoms with E-state index in [1.165, 1.54) is 0 Å². The second kappa shape index (κ2) is 6.07. The highest BCUT2D eigenvalue weighted by molar-refractivity contribution is 6.00. The van der Waals surface area contributed by atoms with Gasteiger partial charge in [0.25, 0.3) is 5.91 Å². The van der Waals surface area contributed by atoms with E-state index in [1.807, 2.05) is 0 Å². The molecule has 2 aliphatic heterocycles. The molecule has 0 aliphatic carbocycles. The van der Waals surface area contributed by atoms with Gasteiger partial charge in [0.15, 0.2) is 0 Å². The van der Waals surface area contributed by atoms with Crippen molar-refractivity contribution in [3.05, 3.63) is 30.1 Å². The van der Waals surface area contributed by atoms with Gasteiger partial charge >= 0.3 is 0 Å². The van der Waals surface area contributed by atoms with Crippen LogP contribution in [0.5, 0.6) is 0 Å². The lowest BCUT2D eigenvalue weighted by atomic mass is 9.78. The first-order valence-electron chi connectivity index (χ1n) is 8.36. The van der Waals surface area contributed by atoms with Crippen molar-refractivity contribution in [2.24, 2.45) is 5.41 Å². The minimum absolute atomic E-state index is 0.0685. The first-order valence-corrected chi connectivity index (χ1v) is 8.36. The van der Waals surface area contributed by atoms with Crippen molar-refractivity contribution in [2.75, 3.05) is 32.1 Å². The Bertz CT molecular complexity index is 751. The number of pyridine rings is 1. The molecule has 0 saturated carbocycles. The van der Waals surface area contributed by atoms with E-state index in [0.717, 1.165) is 39.1 Å². The van der Waals surface area contributed by atoms with Gasteiger partial charge in [-0.3, -0.25) is 4.79 Å². The second-order valence-electron chi connectivity index (χ2n) is 6.81. The Morgan fingerprint density at radius 2 is 2.29 bits per heavy atom. The molecule has 1 amide bonds. The van der Waals surface area contributed by atoms with E-state index in [1.54, 1.807) is 29.0 Å². The average Bonchev–Trinajstić information content (AvgIpc) is 3.17. The monoisotopic (exact) mass is 330 g/mol. The van der Waals surface area contributed by atoms with Gasteiger partial charge in [-0.15, -0.1) is 0 Å². The first-order chi connectivity index (χ1) is 11.7. The molecule has 1 spiro atoms. The van der Waals surface area contributed by atoms with E-state index in [0.29, 0.717) is 23.3 Å². The fourth-order valence-electron chi connectivity index (χ4n) is 3.65. The first kappa shape index (κ1) is 15.4. The molecular weight excluding hydrogens is 308 g/mol. The lowest BCUT2D eigenvalue weighted by Crippen LogP contribution is -2.33. The molecule has 2 fully saturated rings. The smallest absolute Gasteiger partial charge is 0.255 e. The molecule has 7 heteroatoms. The quantitative estimate of drug-likeness (QED) is 0.883. The van der Waals surface area contributed by atoms with Crippen LogP contribution in [0.2, 0.25) is 0 Å². The van der Waals surface area contributed by atoms with Gasteiger partial charge < -0.3 is 20.5 Å². The summed E-state index contributed by atoms with van der Waals surface area (Å²) in [6, 6.07) is 3.51. The normalized spacial score (nSPS) is 22.9. The van der Waals surface area contributed by atoms with Crippen molar-refractivity contribution in [3.8, 4) is 0 Å². The maximum atomic E-state index is 12.5. The summed E-state index contributed by atoms with van der Waals surface area (Å²) in [6.45, 7) is 2.91. The number of nitrogens with two attached hydrogens (primary N) is 1. The van der Waals surface area contributed by atoms with Crippen LogP contribution in [0.1, 0.15) is 29.6 Å². The fraction of sp³-hybridized carbons (Fsp3) is 0.529. The summed E-state index contributed by atoms with van der Waals surface area (Å²) in [7, 11) is 0. The molecule has 1 atom stereocenters. The zero-order valence-electron chi connectivity index (χ0n) is 13.5. The number of anilines is 1. The molecule has 24 heavy (non-hydrogen) atoms. The number of nitrogens with zero attached hydrogens (tertiary/aromatic N) is 2. The third-order valence-electron chi connectivity index (χ3n) is 5.12. The Hall–Kier alpha value is -2.12. The molecular formula is C17H22N4O3. The van der Waals surface area contributed by atoms with Crippen molar-refractivity contribution < 1.29 is 14.3 Å². The Morgan fingerprint density at radius 3 is 3.12 bits per heavy atom. The molecule has 128 valence electrons. The van der Waals surface area contributed by atoms with Crippen LogP contribution in [0, 0.1) is 5.41 Å². The van der Waals surface area contributed by atoms with Crippen molar-refractivity contribution in [1.82, 2.24) is 14.9 Å². The van der Waals surface area contributed by atoms with Crippen LogP contribution in [0.3, 0.4) is 0 Å². The SMILES string of the molecule is Nc1ccn2ncc(C(=O)NCC3CC4(CCOCC4)CO3)c2c1. The van der Waals surface area contributed by atoms with Crippen LogP contribution < -0.4 is 11.1 Å². The summed E-state index contributed by atoms with van der Waals surface area (Å²) in [5, 5.41) is 7.16. The van der Waals surface area contributed by atoms with Gasteiger partial charge in [0.05, 0.1) is 30.0 Å². The third kappa shape index (κ3) is 2.85. The van der Waals surface area contributed by atoms with E-state index in [-0.39, 0.29) is 17.4 Å². The molecule has 0 aromatic carbocycles. The molecule has 2 aromatic rings. The van der Waals surface area contributed by atoms with Gasteiger partial charge in [0, 0.05) is 37.1 Å². The topological polar surface area (TPSA) is 90.9 Å². The van der Waals surface area contributed by atoms with Crippen LogP contribution in [-0.4, -0.2) is 48.0 Å². The molecule has 2 aliphatic rings. The van der Waals surface area contributed by atoms with Crippen LogP contribution in [0.15, 0.2) is 24.5 Å². The predicted molar refractivity (Wildman–Crippen MR) is 88.8 cm³/mol. The van der Waals surface area contributed by atoms with E-state index in [9.17, 15) is 4.79 Å². The standard InChI is InChI=1S/C17H22N4O3/c18-12-1-4-21-15(7-12)14(10-20-21)16(22)19-9-13-8-17(11-24-13)2-5-23-6-3-17/h1,4,7,10,13H,2-3,5-6,8-9,11,18H2,(H,19,22). The summed E-state index contributed by atoms with van der Waals surface area (Å²) in [5.74, 6) is -0.146. The van der Waals surface area contributed by atoms with E-state index in [4.69, 9.17) is 15.2 Å².